The van der Waals surface area contributed by atoms with E-state index in [2.05, 4.69) is 10.3 Å². The summed E-state index contributed by atoms with van der Waals surface area (Å²) < 4.78 is 15.2. The van der Waals surface area contributed by atoms with E-state index >= 15 is 0 Å². The van der Waals surface area contributed by atoms with E-state index in [1.807, 2.05) is 4.57 Å². The van der Waals surface area contributed by atoms with Gasteiger partial charge in [0.2, 0.25) is 5.91 Å². The van der Waals surface area contributed by atoms with E-state index in [-0.39, 0.29) is 11.7 Å². The molecule has 0 aliphatic carbocycles. The average Bonchev–Trinajstić information content (AvgIpc) is 2.66. The van der Waals surface area contributed by atoms with Crippen molar-refractivity contribution in [2.45, 2.75) is 19.9 Å². The summed E-state index contributed by atoms with van der Waals surface area (Å²) in [6.07, 6.45) is 0.609. The lowest BCUT2D eigenvalue weighted by Gasteiger charge is -2.08. The number of fused-ring (bicyclic) bond motifs is 1. The fraction of sp³-hybridized carbons (Fsp3) is 0.385. The number of halogens is 2. The highest BCUT2D eigenvalue weighted by atomic mass is 35.5. The maximum Gasteiger partial charge on any atom is 0.216 e. The first-order valence-corrected chi connectivity index (χ1v) is 6.60. The first kappa shape index (κ1) is 13.8. The predicted octanol–water partition coefficient (Wildman–Crippen LogP) is 2.09. The van der Waals surface area contributed by atoms with Gasteiger partial charge in [0.1, 0.15) is 11.6 Å². The Morgan fingerprint density at radius 2 is 2.32 bits per heavy atom. The molecule has 0 aliphatic rings. The molecule has 6 heteroatoms. The van der Waals surface area contributed by atoms with Gasteiger partial charge in [-0.2, -0.15) is 0 Å². The van der Waals surface area contributed by atoms with Gasteiger partial charge in [-0.1, -0.05) is 0 Å². The molecule has 102 valence electrons. The summed E-state index contributed by atoms with van der Waals surface area (Å²) in [5, 5.41) is 2.73. The first-order valence-electron chi connectivity index (χ1n) is 6.07. The molecule has 2 aromatic rings. The number of carbonyl (C=O) groups is 1. The van der Waals surface area contributed by atoms with Gasteiger partial charge in [-0.05, 0) is 12.1 Å². The SMILES string of the molecule is CC(=O)NCCn1c(CCCl)nc2cc(F)ccc21. The third kappa shape index (κ3) is 3.23. The van der Waals surface area contributed by atoms with Crippen LogP contribution in [0.3, 0.4) is 0 Å². The normalized spacial score (nSPS) is 10.9. The molecule has 4 nitrogen and oxygen atoms in total. The molecule has 0 atom stereocenters. The van der Waals surface area contributed by atoms with E-state index in [4.69, 9.17) is 11.6 Å². The zero-order chi connectivity index (χ0) is 13.8. The van der Waals surface area contributed by atoms with E-state index in [9.17, 15) is 9.18 Å². The van der Waals surface area contributed by atoms with Crippen molar-refractivity contribution in [3.05, 3.63) is 29.8 Å². The number of hydrogen-bond donors (Lipinski definition) is 1. The van der Waals surface area contributed by atoms with Crippen LogP contribution in [0.4, 0.5) is 4.39 Å². The Hall–Kier alpha value is -1.62. The topological polar surface area (TPSA) is 46.9 Å². The molecule has 1 heterocycles. The van der Waals surface area contributed by atoms with Crippen LogP contribution in [0.25, 0.3) is 11.0 Å². The Balaban J connectivity index is 2.31. The van der Waals surface area contributed by atoms with Crippen LogP contribution < -0.4 is 5.32 Å². The first-order chi connectivity index (χ1) is 9.11. The molecule has 2 rings (SSSR count). The number of hydrogen-bond acceptors (Lipinski definition) is 2. The standard InChI is InChI=1S/C13H15ClFN3O/c1-9(19)16-6-7-18-12-3-2-10(15)8-11(12)17-13(18)4-5-14/h2-3,8H,4-7H2,1H3,(H,16,19). The number of nitrogens with zero attached hydrogens (tertiary/aromatic N) is 2. The van der Waals surface area contributed by atoms with Crippen LogP contribution in [-0.2, 0) is 17.8 Å². The molecule has 0 aliphatic heterocycles. The number of nitrogens with one attached hydrogen (secondary N) is 1. The monoisotopic (exact) mass is 283 g/mol. The molecule has 0 unspecified atom stereocenters. The predicted molar refractivity (Wildman–Crippen MR) is 72.8 cm³/mol. The number of imidazole rings is 1. The summed E-state index contributed by atoms with van der Waals surface area (Å²) in [7, 11) is 0. The Morgan fingerprint density at radius 1 is 1.53 bits per heavy atom. The molecule has 1 aromatic heterocycles. The summed E-state index contributed by atoms with van der Waals surface area (Å²) in [4.78, 5) is 15.3. The second-order valence-corrected chi connectivity index (χ2v) is 4.61. The molecule has 0 saturated carbocycles. The van der Waals surface area contributed by atoms with Gasteiger partial charge in [-0.15, -0.1) is 11.6 Å². The smallest absolute Gasteiger partial charge is 0.216 e. The Morgan fingerprint density at radius 3 is 3.00 bits per heavy atom. The van der Waals surface area contributed by atoms with Crippen LogP contribution in [0.1, 0.15) is 12.7 Å². The molecule has 1 amide bonds. The third-order valence-corrected chi connectivity index (χ3v) is 3.01. The molecule has 0 fully saturated rings. The number of alkyl halides is 1. The maximum atomic E-state index is 13.2. The highest BCUT2D eigenvalue weighted by Gasteiger charge is 2.10. The van der Waals surface area contributed by atoms with Crippen LogP contribution >= 0.6 is 11.6 Å². The Labute approximate surface area is 115 Å². The lowest BCUT2D eigenvalue weighted by atomic mass is 10.3. The van der Waals surface area contributed by atoms with E-state index in [1.54, 1.807) is 6.07 Å². The van der Waals surface area contributed by atoms with Crippen LogP contribution in [0, 0.1) is 5.82 Å². The van der Waals surface area contributed by atoms with Crippen LogP contribution in [0.2, 0.25) is 0 Å². The number of aryl methyl sites for hydroxylation is 1. The average molecular weight is 284 g/mol. The van der Waals surface area contributed by atoms with Gasteiger partial charge in [-0.25, -0.2) is 9.37 Å². The highest BCUT2D eigenvalue weighted by Crippen LogP contribution is 2.18. The van der Waals surface area contributed by atoms with Gasteiger partial charge in [-0.3, -0.25) is 4.79 Å². The molecular formula is C13H15ClFN3O. The van der Waals surface area contributed by atoms with E-state index in [1.165, 1.54) is 19.1 Å². The summed E-state index contributed by atoms with van der Waals surface area (Å²) >= 11 is 5.75. The fourth-order valence-electron chi connectivity index (χ4n) is 2.02. The Bertz CT molecular complexity index is 597. The zero-order valence-corrected chi connectivity index (χ0v) is 11.4. The van der Waals surface area contributed by atoms with E-state index in [0.29, 0.717) is 30.9 Å². The van der Waals surface area contributed by atoms with Crippen LogP contribution in [-0.4, -0.2) is 27.9 Å². The molecular weight excluding hydrogens is 269 g/mol. The van der Waals surface area contributed by atoms with Gasteiger partial charge in [0.15, 0.2) is 0 Å². The van der Waals surface area contributed by atoms with Crippen LogP contribution in [0.15, 0.2) is 18.2 Å². The van der Waals surface area contributed by atoms with Crippen molar-refractivity contribution in [3.8, 4) is 0 Å². The second kappa shape index (κ2) is 6.02. The van der Waals surface area contributed by atoms with Gasteiger partial charge < -0.3 is 9.88 Å². The molecule has 1 aromatic carbocycles. The molecule has 0 spiro atoms. The number of amides is 1. The van der Waals surface area contributed by atoms with Crippen molar-refractivity contribution >= 4 is 28.5 Å². The number of benzene rings is 1. The number of rotatable bonds is 5. The number of aromatic nitrogens is 2. The number of carbonyl (C=O) groups excluding carboxylic acids is 1. The molecule has 0 saturated heterocycles. The van der Waals surface area contributed by atoms with Crippen molar-refractivity contribution in [2.24, 2.45) is 0 Å². The molecule has 19 heavy (non-hydrogen) atoms. The maximum absolute atomic E-state index is 13.2. The quantitative estimate of drug-likeness (QED) is 0.854. The van der Waals surface area contributed by atoms with Crippen molar-refractivity contribution in [1.82, 2.24) is 14.9 Å². The van der Waals surface area contributed by atoms with E-state index in [0.717, 1.165) is 11.3 Å². The van der Waals surface area contributed by atoms with Crippen molar-refractivity contribution in [2.75, 3.05) is 12.4 Å². The second-order valence-electron chi connectivity index (χ2n) is 4.23. The van der Waals surface area contributed by atoms with Gasteiger partial charge in [0, 0.05) is 38.4 Å². The van der Waals surface area contributed by atoms with Crippen molar-refractivity contribution in [1.29, 1.82) is 0 Å². The molecule has 0 bridgehead atoms. The van der Waals surface area contributed by atoms with Crippen LogP contribution in [0.5, 0.6) is 0 Å². The summed E-state index contributed by atoms with van der Waals surface area (Å²) in [5.41, 5.74) is 1.47. The zero-order valence-electron chi connectivity index (χ0n) is 10.6. The minimum atomic E-state index is -0.309. The minimum Gasteiger partial charge on any atom is -0.355 e. The summed E-state index contributed by atoms with van der Waals surface area (Å²) in [6.45, 7) is 2.57. The van der Waals surface area contributed by atoms with Crippen molar-refractivity contribution < 1.29 is 9.18 Å². The van der Waals surface area contributed by atoms with E-state index < -0.39 is 0 Å². The third-order valence-electron chi connectivity index (χ3n) is 2.82. The Kier molecular flexibility index (Phi) is 4.37. The van der Waals surface area contributed by atoms with Gasteiger partial charge in [0.05, 0.1) is 11.0 Å². The van der Waals surface area contributed by atoms with Crippen molar-refractivity contribution in [3.63, 3.8) is 0 Å². The highest BCUT2D eigenvalue weighted by molar-refractivity contribution is 6.17. The van der Waals surface area contributed by atoms with Gasteiger partial charge >= 0.3 is 0 Å². The fourth-order valence-corrected chi connectivity index (χ4v) is 2.19. The summed E-state index contributed by atoms with van der Waals surface area (Å²) in [5.74, 6) is 0.873. The largest absolute Gasteiger partial charge is 0.355 e. The lowest BCUT2D eigenvalue weighted by Crippen LogP contribution is -2.25. The molecule has 1 N–H and O–H groups in total. The lowest BCUT2D eigenvalue weighted by molar-refractivity contribution is -0.118. The minimum absolute atomic E-state index is 0.0747. The van der Waals surface area contributed by atoms with Gasteiger partial charge in [0.25, 0.3) is 0 Å². The molecule has 0 radical (unpaired) electrons. The summed E-state index contributed by atoms with van der Waals surface area (Å²) in [6, 6.07) is 4.51.